The number of rotatable bonds is 9. The average molecular weight is 658 g/mol. The number of cyclic esters (lactones) is 2. The largest absolute Gasteiger partial charge is 0.491 e. The fraction of sp³-hybridized carbons (Fsp3) is 0.250. The highest BCUT2D eigenvalue weighted by molar-refractivity contribution is 5.91. The molecular weight excluding hydrogens is 624 g/mol. The van der Waals surface area contributed by atoms with Crippen molar-refractivity contribution in [1.29, 1.82) is 5.26 Å². The lowest BCUT2D eigenvalue weighted by molar-refractivity contribution is 0.0963. The molecule has 0 aromatic heterocycles. The van der Waals surface area contributed by atoms with E-state index >= 15 is 0 Å². The molecule has 248 valence electrons. The molecule has 0 spiro atoms. The monoisotopic (exact) mass is 657 g/mol. The fourth-order valence-electron chi connectivity index (χ4n) is 5.23. The van der Waals surface area contributed by atoms with Crippen LogP contribution < -0.4 is 14.5 Å². The molecule has 2 saturated heterocycles. The van der Waals surface area contributed by atoms with E-state index in [-0.39, 0.29) is 32.5 Å². The minimum absolute atomic E-state index is 0.0755. The van der Waals surface area contributed by atoms with Crippen molar-refractivity contribution in [1.82, 2.24) is 0 Å². The number of nitrogens with zero attached hydrogens (tertiary/aromatic N) is 3. The minimum atomic E-state index is -0.600. The Morgan fingerprint density at radius 3 is 1.90 bits per heavy atom. The molecule has 0 bridgehead atoms. The lowest BCUT2D eigenvalue weighted by Gasteiger charge is -2.14. The van der Waals surface area contributed by atoms with Crippen molar-refractivity contribution in [2.24, 2.45) is 0 Å². The van der Waals surface area contributed by atoms with Gasteiger partial charge in [-0.1, -0.05) is 31.2 Å². The second kappa shape index (κ2) is 15.4. The molecule has 0 aliphatic carbocycles. The number of amides is 2. The zero-order valence-electron chi connectivity index (χ0n) is 26.0. The summed E-state index contributed by atoms with van der Waals surface area (Å²) in [4.78, 5) is 26.3. The van der Waals surface area contributed by atoms with Gasteiger partial charge in [-0.3, -0.25) is 9.80 Å². The predicted molar refractivity (Wildman–Crippen MR) is 174 cm³/mol. The van der Waals surface area contributed by atoms with Crippen molar-refractivity contribution >= 4 is 23.6 Å². The maximum absolute atomic E-state index is 14.5. The summed E-state index contributed by atoms with van der Waals surface area (Å²) in [6.07, 6.45) is -1.07. The quantitative estimate of drug-likeness (QED) is 0.215. The molecule has 2 heterocycles. The number of anilines is 2. The van der Waals surface area contributed by atoms with Crippen LogP contribution in [0.2, 0.25) is 0 Å². The minimum Gasteiger partial charge on any atom is -0.491 e. The van der Waals surface area contributed by atoms with Gasteiger partial charge in [-0.25, -0.2) is 18.4 Å². The average Bonchev–Trinajstić information content (AvgIpc) is 3.69. The number of aliphatic hydroxyl groups is 2. The van der Waals surface area contributed by atoms with Crippen molar-refractivity contribution in [3.8, 4) is 34.1 Å². The first kappa shape index (κ1) is 33.8. The van der Waals surface area contributed by atoms with E-state index < -0.39 is 29.9 Å². The molecule has 4 aromatic rings. The highest BCUT2D eigenvalue weighted by atomic mass is 19.1. The Morgan fingerprint density at radius 1 is 0.812 bits per heavy atom. The van der Waals surface area contributed by atoms with Crippen LogP contribution in [0.25, 0.3) is 22.3 Å². The maximum Gasteiger partial charge on any atom is 0.414 e. The smallest absolute Gasteiger partial charge is 0.414 e. The van der Waals surface area contributed by atoms with Gasteiger partial charge in [0.15, 0.2) is 0 Å². The highest BCUT2D eigenvalue weighted by Gasteiger charge is 2.33. The van der Waals surface area contributed by atoms with Gasteiger partial charge in [0.25, 0.3) is 0 Å². The Balaban J connectivity index is 0.000000188. The van der Waals surface area contributed by atoms with Gasteiger partial charge in [0, 0.05) is 11.1 Å². The van der Waals surface area contributed by atoms with Crippen molar-refractivity contribution in [3.63, 3.8) is 0 Å². The van der Waals surface area contributed by atoms with Gasteiger partial charge in [0.2, 0.25) is 0 Å². The van der Waals surface area contributed by atoms with Crippen molar-refractivity contribution < 1.29 is 42.8 Å². The molecule has 2 aliphatic heterocycles. The summed E-state index contributed by atoms with van der Waals surface area (Å²) >= 11 is 0. The Hall–Kier alpha value is -5.51. The third-order valence-corrected chi connectivity index (χ3v) is 7.76. The van der Waals surface area contributed by atoms with Gasteiger partial charge in [-0.15, -0.1) is 0 Å². The Labute approximate surface area is 275 Å². The summed E-state index contributed by atoms with van der Waals surface area (Å²) in [5.41, 5.74) is 3.41. The molecule has 2 amide bonds. The van der Waals surface area contributed by atoms with Gasteiger partial charge in [0.05, 0.1) is 49.3 Å². The molecular formula is C36H33F2N3O7. The Morgan fingerprint density at radius 2 is 1.40 bits per heavy atom. The lowest BCUT2D eigenvalue weighted by atomic mass is 10.0. The van der Waals surface area contributed by atoms with Gasteiger partial charge >= 0.3 is 12.2 Å². The van der Waals surface area contributed by atoms with Crippen molar-refractivity contribution in [2.75, 3.05) is 42.7 Å². The molecule has 10 nitrogen and oxygen atoms in total. The summed E-state index contributed by atoms with van der Waals surface area (Å²) in [5, 5.41) is 26.7. The normalized spacial score (nSPS) is 16.9. The number of carbonyl (C=O) groups is 2. The predicted octanol–water partition coefficient (Wildman–Crippen LogP) is 6.28. The third kappa shape index (κ3) is 7.71. The first-order valence-corrected chi connectivity index (χ1v) is 15.3. The molecule has 2 fully saturated rings. The second-order valence-electron chi connectivity index (χ2n) is 10.9. The van der Waals surface area contributed by atoms with Gasteiger partial charge < -0.3 is 24.4 Å². The van der Waals surface area contributed by atoms with Crippen LogP contribution in [0.4, 0.5) is 29.7 Å². The van der Waals surface area contributed by atoms with E-state index in [0.29, 0.717) is 51.5 Å². The van der Waals surface area contributed by atoms with Crippen LogP contribution in [0.3, 0.4) is 0 Å². The van der Waals surface area contributed by atoms with Crippen LogP contribution >= 0.6 is 0 Å². The van der Waals surface area contributed by atoms with E-state index in [4.69, 9.17) is 29.7 Å². The number of ether oxygens (including phenoxy) is 3. The van der Waals surface area contributed by atoms with Crippen LogP contribution in [0.5, 0.6) is 5.75 Å². The first-order valence-electron chi connectivity index (χ1n) is 15.3. The van der Waals surface area contributed by atoms with Crippen LogP contribution in [0.1, 0.15) is 18.9 Å². The third-order valence-electron chi connectivity index (χ3n) is 7.76. The molecule has 6 rings (SSSR count). The summed E-state index contributed by atoms with van der Waals surface area (Å²) in [5.74, 6) is -0.322. The zero-order valence-corrected chi connectivity index (χ0v) is 26.0. The van der Waals surface area contributed by atoms with Gasteiger partial charge in [-0.2, -0.15) is 5.26 Å². The fourth-order valence-corrected chi connectivity index (χ4v) is 5.23. The van der Waals surface area contributed by atoms with Crippen LogP contribution in [0.15, 0.2) is 84.9 Å². The van der Waals surface area contributed by atoms with Crippen LogP contribution in [-0.2, 0) is 9.47 Å². The summed E-state index contributed by atoms with van der Waals surface area (Å²) in [6, 6.07) is 24.8. The van der Waals surface area contributed by atoms with Crippen LogP contribution in [0, 0.1) is 23.0 Å². The maximum atomic E-state index is 14.5. The summed E-state index contributed by atoms with van der Waals surface area (Å²) < 4.78 is 44.4. The van der Waals surface area contributed by atoms with Crippen molar-refractivity contribution in [2.45, 2.75) is 25.6 Å². The number of nitriles is 1. The molecule has 0 saturated carbocycles. The Bertz CT molecular complexity index is 1810. The molecule has 2 N–H and O–H groups in total. The van der Waals surface area contributed by atoms with Gasteiger partial charge in [-0.05, 0) is 78.2 Å². The zero-order chi connectivity index (χ0) is 34.2. The number of aliphatic hydroxyl groups excluding tert-OH is 2. The summed E-state index contributed by atoms with van der Waals surface area (Å²) in [6.45, 7) is 2.40. The van der Waals surface area contributed by atoms with E-state index in [1.54, 1.807) is 72.8 Å². The number of halogens is 2. The highest BCUT2D eigenvalue weighted by Crippen LogP contribution is 2.31. The van der Waals surface area contributed by atoms with E-state index in [1.807, 2.05) is 13.0 Å². The molecule has 2 aliphatic rings. The number of benzene rings is 4. The molecule has 2 atom stereocenters. The van der Waals surface area contributed by atoms with E-state index in [0.717, 1.165) is 6.42 Å². The standard InChI is InChI=1S/C18H15FN2O2.C18H18FNO5/c1-2-15-11-21(18(22)23-15)14-6-7-16(17(19)9-14)13-5-3-4-12(8-13)10-20;19-17-9-13(20-10-15(11-22)25-18(20)23)3-6-16(17)12-1-4-14(5-2-12)24-8-7-21/h3-9,15H,2,11H2,1H3;1-6,9,15,21-22H,7-8,10-11H2/t2*15-/m01/s1. The lowest BCUT2D eigenvalue weighted by Crippen LogP contribution is -2.25. The molecule has 0 unspecified atom stereocenters. The molecule has 12 heteroatoms. The number of hydrogen-bond acceptors (Lipinski definition) is 8. The van der Waals surface area contributed by atoms with Crippen LogP contribution in [-0.4, -0.2) is 67.5 Å². The second-order valence-corrected chi connectivity index (χ2v) is 10.9. The molecule has 0 radical (unpaired) electrons. The number of carbonyl (C=O) groups excluding carboxylic acids is 2. The SMILES string of the molecule is CC[C@H]1CN(c2ccc(-c3cccc(C#N)c3)c(F)c2)C(=O)O1.O=C1O[C@@H](CO)CN1c1ccc(-c2ccc(OCCO)cc2)c(F)c1. The molecule has 48 heavy (non-hydrogen) atoms. The Kier molecular flexibility index (Phi) is 10.8. The van der Waals surface area contributed by atoms with E-state index in [9.17, 15) is 18.4 Å². The van der Waals surface area contributed by atoms with E-state index in [2.05, 4.69) is 0 Å². The topological polar surface area (TPSA) is 133 Å². The summed E-state index contributed by atoms with van der Waals surface area (Å²) in [7, 11) is 0. The van der Waals surface area contributed by atoms with Crippen molar-refractivity contribution in [3.05, 3.63) is 102 Å². The molecule has 4 aromatic carbocycles. The number of hydrogen-bond donors (Lipinski definition) is 2. The van der Waals surface area contributed by atoms with E-state index in [1.165, 1.54) is 21.9 Å². The first-order chi connectivity index (χ1) is 23.2. The van der Waals surface area contributed by atoms with Gasteiger partial charge in [0.1, 0.15) is 36.2 Å².